The van der Waals surface area contributed by atoms with Crippen LogP contribution in [0.25, 0.3) is 0 Å². The van der Waals surface area contributed by atoms with Crippen LogP contribution in [-0.4, -0.2) is 32.1 Å². The van der Waals surface area contributed by atoms with Crippen LogP contribution in [-0.2, 0) is 14.3 Å². The maximum atomic E-state index is 12.0. The first-order chi connectivity index (χ1) is 9.67. The number of nitriles is 1. The molecule has 20 heavy (non-hydrogen) atoms. The quantitative estimate of drug-likeness (QED) is 0.768. The van der Waals surface area contributed by atoms with Crippen LogP contribution in [0.2, 0.25) is 0 Å². The first kappa shape index (κ1) is 13.9. The molecule has 1 aliphatic heterocycles. The molecule has 0 radical (unpaired) electrons. The van der Waals surface area contributed by atoms with Gasteiger partial charge < -0.3 is 14.4 Å². The van der Waals surface area contributed by atoms with Gasteiger partial charge in [-0.25, -0.2) is 0 Å². The third-order valence-electron chi connectivity index (χ3n) is 3.11. The number of nitrogens with zero attached hydrogens (tertiary/aromatic N) is 2. The average Bonchev–Trinajstić information content (AvgIpc) is 2.86. The maximum Gasteiger partial charge on any atom is 0.312 e. The Hall–Kier alpha value is -2.55. The highest BCUT2D eigenvalue weighted by atomic mass is 16.5. The van der Waals surface area contributed by atoms with E-state index in [9.17, 15) is 9.59 Å². The largest absolute Gasteiger partial charge is 0.495 e. The van der Waals surface area contributed by atoms with Gasteiger partial charge in [-0.2, -0.15) is 5.26 Å². The lowest BCUT2D eigenvalue weighted by molar-refractivity contribution is -0.146. The van der Waals surface area contributed by atoms with E-state index in [4.69, 9.17) is 14.7 Å². The molecule has 1 fully saturated rings. The molecule has 0 aromatic heterocycles. The van der Waals surface area contributed by atoms with Gasteiger partial charge in [0.2, 0.25) is 5.91 Å². The van der Waals surface area contributed by atoms with Crippen LogP contribution in [0.5, 0.6) is 5.75 Å². The molecule has 0 saturated carbocycles. The molecule has 1 aromatic carbocycles. The van der Waals surface area contributed by atoms with Gasteiger partial charge in [0.15, 0.2) is 6.61 Å². The number of amides is 1. The van der Waals surface area contributed by atoms with Crippen molar-refractivity contribution in [1.82, 2.24) is 0 Å². The molecule has 0 bridgehead atoms. The average molecular weight is 274 g/mol. The monoisotopic (exact) mass is 274 g/mol. The van der Waals surface area contributed by atoms with Gasteiger partial charge in [0.05, 0.1) is 18.7 Å². The molecule has 1 amide bonds. The Labute approximate surface area is 116 Å². The van der Waals surface area contributed by atoms with E-state index in [0.29, 0.717) is 11.4 Å². The van der Waals surface area contributed by atoms with Crippen molar-refractivity contribution in [2.45, 2.75) is 6.42 Å². The molecular formula is C14H14N2O4. The number of rotatable bonds is 4. The molecule has 0 aliphatic carbocycles. The SMILES string of the molecule is COc1ccccc1N1C[C@@H](C(=O)OCC#N)CC1=O. The number of hydrogen-bond donors (Lipinski definition) is 0. The van der Waals surface area contributed by atoms with E-state index in [1.165, 1.54) is 12.0 Å². The summed E-state index contributed by atoms with van der Waals surface area (Å²) in [5, 5.41) is 8.39. The Morgan fingerprint density at radius 3 is 2.95 bits per heavy atom. The lowest BCUT2D eigenvalue weighted by Gasteiger charge is -2.19. The fraction of sp³-hybridized carbons (Fsp3) is 0.357. The number of esters is 1. The smallest absolute Gasteiger partial charge is 0.312 e. The molecule has 0 N–H and O–H groups in total. The minimum Gasteiger partial charge on any atom is -0.495 e. The van der Waals surface area contributed by atoms with Crippen LogP contribution in [0.3, 0.4) is 0 Å². The van der Waals surface area contributed by atoms with Gasteiger partial charge in [0, 0.05) is 13.0 Å². The molecule has 1 heterocycles. The van der Waals surface area contributed by atoms with Gasteiger partial charge in [-0.15, -0.1) is 0 Å². The number of anilines is 1. The second kappa shape index (κ2) is 6.06. The summed E-state index contributed by atoms with van der Waals surface area (Å²) in [7, 11) is 1.53. The van der Waals surface area contributed by atoms with Crippen molar-refractivity contribution in [3.8, 4) is 11.8 Å². The van der Waals surface area contributed by atoms with Crippen molar-refractivity contribution in [2.24, 2.45) is 5.92 Å². The van der Waals surface area contributed by atoms with E-state index in [1.54, 1.807) is 24.3 Å². The predicted molar refractivity (Wildman–Crippen MR) is 70.0 cm³/mol. The summed E-state index contributed by atoms with van der Waals surface area (Å²) in [5.41, 5.74) is 0.635. The summed E-state index contributed by atoms with van der Waals surface area (Å²) in [5.74, 6) is -0.640. The third-order valence-corrected chi connectivity index (χ3v) is 3.11. The number of hydrogen-bond acceptors (Lipinski definition) is 5. The molecule has 1 saturated heterocycles. The maximum absolute atomic E-state index is 12.0. The predicted octanol–water partition coefficient (Wildman–Crippen LogP) is 1.11. The van der Waals surface area contributed by atoms with Crippen LogP contribution < -0.4 is 9.64 Å². The molecule has 0 spiro atoms. The van der Waals surface area contributed by atoms with Gasteiger partial charge in [0.1, 0.15) is 11.8 Å². The van der Waals surface area contributed by atoms with Crippen molar-refractivity contribution in [2.75, 3.05) is 25.2 Å². The van der Waals surface area contributed by atoms with Crippen LogP contribution in [0, 0.1) is 17.2 Å². The molecular weight excluding hydrogens is 260 g/mol. The van der Waals surface area contributed by atoms with Crippen molar-refractivity contribution in [3.63, 3.8) is 0 Å². The summed E-state index contributed by atoms with van der Waals surface area (Å²) in [4.78, 5) is 25.2. The minimum atomic E-state index is -0.541. The fourth-order valence-electron chi connectivity index (χ4n) is 2.17. The van der Waals surface area contributed by atoms with Crippen LogP contribution in [0.4, 0.5) is 5.69 Å². The Morgan fingerprint density at radius 2 is 2.25 bits per heavy atom. The number of ether oxygens (including phenoxy) is 2. The summed E-state index contributed by atoms with van der Waals surface area (Å²) < 4.78 is 9.97. The van der Waals surface area contributed by atoms with E-state index in [-0.39, 0.29) is 25.5 Å². The number of carbonyl (C=O) groups excluding carboxylic acids is 2. The van der Waals surface area contributed by atoms with Crippen LogP contribution in [0.15, 0.2) is 24.3 Å². The molecule has 1 atom stereocenters. The standard InChI is InChI=1S/C14H14N2O4/c1-19-12-5-3-2-4-11(12)16-9-10(8-13(16)17)14(18)20-7-6-15/h2-5,10H,7-9H2,1H3/t10-/m0/s1. The lowest BCUT2D eigenvalue weighted by atomic mass is 10.1. The van der Waals surface area contributed by atoms with Crippen molar-refractivity contribution < 1.29 is 19.1 Å². The van der Waals surface area contributed by atoms with Crippen molar-refractivity contribution in [1.29, 1.82) is 5.26 Å². The van der Waals surface area contributed by atoms with E-state index in [2.05, 4.69) is 0 Å². The van der Waals surface area contributed by atoms with E-state index in [0.717, 1.165) is 0 Å². The van der Waals surface area contributed by atoms with E-state index in [1.807, 2.05) is 6.07 Å². The summed E-state index contributed by atoms with van der Waals surface area (Å²) >= 11 is 0. The van der Waals surface area contributed by atoms with Gasteiger partial charge in [0.25, 0.3) is 0 Å². The number of para-hydroxylation sites is 2. The molecule has 2 rings (SSSR count). The molecule has 6 nitrogen and oxygen atoms in total. The van der Waals surface area contributed by atoms with Crippen LogP contribution >= 0.6 is 0 Å². The first-order valence-corrected chi connectivity index (χ1v) is 6.14. The second-order valence-electron chi connectivity index (χ2n) is 4.34. The first-order valence-electron chi connectivity index (χ1n) is 6.14. The number of carbonyl (C=O) groups is 2. The van der Waals surface area contributed by atoms with Gasteiger partial charge in [-0.3, -0.25) is 9.59 Å². The zero-order chi connectivity index (χ0) is 14.5. The van der Waals surface area contributed by atoms with E-state index >= 15 is 0 Å². The highest BCUT2D eigenvalue weighted by molar-refractivity contribution is 6.00. The summed E-state index contributed by atoms with van der Waals surface area (Å²) in [6.07, 6.45) is 0.0856. The molecule has 1 aromatic rings. The molecule has 104 valence electrons. The Balaban J connectivity index is 2.13. The Bertz CT molecular complexity index is 565. The molecule has 6 heteroatoms. The fourth-order valence-corrected chi connectivity index (χ4v) is 2.17. The van der Waals surface area contributed by atoms with Gasteiger partial charge in [-0.05, 0) is 12.1 Å². The number of benzene rings is 1. The highest BCUT2D eigenvalue weighted by Crippen LogP contribution is 2.32. The highest BCUT2D eigenvalue weighted by Gasteiger charge is 2.37. The zero-order valence-electron chi connectivity index (χ0n) is 11.0. The van der Waals surface area contributed by atoms with Crippen molar-refractivity contribution in [3.05, 3.63) is 24.3 Å². The topological polar surface area (TPSA) is 79.6 Å². The zero-order valence-corrected chi connectivity index (χ0v) is 11.0. The summed E-state index contributed by atoms with van der Waals surface area (Å²) in [6.45, 7) is -0.0539. The third kappa shape index (κ3) is 2.72. The lowest BCUT2D eigenvalue weighted by Crippen LogP contribution is -2.26. The Kier molecular flexibility index (Phi) is 4.20. The van der Waals surface area contributed by atoms with Crippen LogP contribution in [0.1, 0.15) is 6.42 Å². The Morgan fingerprint density at radius 1 is 1.50 bits per heavy atom. The van der Waals surface area contributed by atoms with Gasteiger partial charge in [-0.1, -0.05) is 12.1 Å². The normalized spacial score (nSPS) is 17.7. The van der Waals surface area contributed by atoms with Crippen molar-refractivity contribution >= 4 is 17.6 Å². The molecule has 0 unspecified atom stereocenters. The van der Waals surface area contributed by atoms with Gasteiger partial charge >= 0.3 is 5.97 Å². The van der Waals surface area contributed by atoms with E-state index < -0.39 is 11.9 Å². The second-order valence-corrected chi connectivity index (χ2v) is 4.34. The minimum absolute atomic E-state index is 0.0856. The molecule has 1 aliphatic rings. The summed E-state index contributed by atoms with van der Waals surface area (Å²) in [6, 6.07) is 8.86. The number of methoxy groups -OCH3 is 1.